The van der Waals surface area contributed by atoms with Crippen molar-refractivity contribution in [2.45, 2.75) is 25.7 Å². The Morgan fingerprint density at radius 3 is 2.78 bits per heavy atom. The van der Waals surface area contributed by atoms with Gasteiger partial charge in [-0.3, -0.25) is 9.48 Å². The monoisotopic (exact) mass is 382 g/mol. The van der Waals surface area contributed by atoms with Gasteiger partial charge < -0.3 is 9.80 Å². The predicted molar refractivity (Wildman–Crippen MR) is 105 cm³/mol. The van der Waals surface area contributed by atoms with E-state index in [2.05, 4.69) is 25.3 Å². The highest BCUT2D eigenvalue weighted by Crippen LogP contribution is 2.31. The van der Waals surface area contributed by atoms with Gasteiger partial charge in [0.1, 0.15) is 12.1 Å². The van der Waals surface area contributed by atoms with E-state index in [-0.39, 0.29) is 5.91 Å². The number of aromatic nitrogens is 4. The molecule has 0 atom stereocenters. The normalized spacial score (nSPS) is 17.4. The Kier molecular flexibility index (Phi) is 4.07. The summed E-state index contributed by atoms with van der Waals surface area (Å²) in [5, 5.41) is 7.34. The number of anilines is 1. The third-order valence-electron chi connectivity index (χ3n) is 5.67. The average Bonchev–Trinajstić information content (AvgIpc) is 3.32. The summed E-state index contributed by atoms with van der Waals surface area (Å²) in [6.07, 6.45) is 8.05. The van der Waals surface area contributed by atoms with Crippen LogP contribution in [0.15, 0.2) is 17.9 Å². The number of hydrogen-bond acceptors (Lipinski definition) is 6. The molecule has 7 nitrogen and oxygen atoms in total. The number of thiophene rings is 1. The topological polar surface area (TPSA) is 67.2 Å². The van der Waals surface area contributed by atoms with Crippen LogP contribution >= 0.6 is 11.3 Å². The van der Waals surface area contributed by atoms with Crippen LogP contribution in [0, 0.1) is 0 Å². The molecular weight excluding hydrogens is 360 g/mol. The van der Waals surface area contributed by atoms with E-state index in [4.69, 9.17) is 0 Å². The van der Waals surface area contributed by atoms with Crippen LogP contribution in [0.4, 0.5) is 5.82 Å². The molecule has 3 aromatic heterocycles. The third-order valence-corrected chi connectivity index (χ3v) is 6.76. The molecule has 8 heteroatoms. The lowest BCUT2D eigenvalue weighted by molar-refractivity contribution is 0.0746. The smallest absolute Gasteiger partial charge is 0.255 e. The van der Waals surface area contributed by atoms with Crippen molar-refractivity contribution in [3.63, 3.8) is 0 Å². The molecule has 0 unspecified atom stereocenters. The maximum Gasteiger partial charge on any atom is 0.255 e. The van der Waals surface area contributed by atoms with Crippen molar-refractivity contribution >= 4 is 34.1 Å². The van der Waals surface area contributed by atoms with Crippen LogP contribution in [-0.2, 0) is 19.9 Å². The minimum atomic E-state index is 0.197. The molecule has 1 amide bonds. The summed E-state index contributed by atoms with van der Waals surface area (Å²) in [5.74, 6) is 1.11. The maximum atomic E-state index is 13.1. The molecule has 1 aliphatic heterocycles. The number of piperazine rings is 1. The van der Waals surface area contributed by atoms with Gasteiger partial charge >= 0.3 is 0 Å². The third kappa shape index (κ3) is 2.79. The molecule has 0 saturated carbocycles. The van der Waals surface area contributed by atoms with Crippen LogP contribution in [-0.4, -0.2) is 56.7 Å². The van der Waals surface area contributed by atoms with Crippen LogP contribution in [0.1, 0.15) is 33.6 Å². The molecule has 0 spiro atoms. The first-order valence-corrected chi connectivity index (χ1v) is 10.4. The molecule has 0 bridgehead atoms. The SMILES string of the molecule is Cn1ncc2c(N3CCN(C(=O)c4csc5c4CCCC5)CC3)ncnc21. The van der Waals surface area contributed by atoms with Gasteiger partial charge in [0.25, 0.3) is 5.91 Å². The Morgan fingerprint density at radius 2 is 1.93 bits per heavy atom. The number of nitrogens with zero attached hydrogens (tertiary/aromatic N) is 6. The van der Waals surface area contributed by atoms with Crippen LogP contribution in [0.25, 0.3) is 11.0 Å². The number of aryl methyl sites for hydroxylation is 2. The molecule has 3 aromatic rings. The average molecular weight is 382 g/mol. The second-order valence-electron chi connectivity index (χ2n) is 7.24. The van der Waals surface area contributed by atoms with Gasteiger partial charge in [0, 0.05) is 43.5 Å². The van der Waals surface area contributed by atoms with Crippen molar-refractivity contribution in [1.29, 1.82) is 0 Å². The standard InChI is InChI=1S/C19H22N6OS/c1-23-17-14(10-22-23)18(21-12-20-17)24-6-8-25(9-7-24)19(26)15-11-27-16-5-3-2-4-13(15)16/h10-12H,2-9H2,1H3. The molecule has 2 aliphatic rings. The zero-order chi connectivity index (χ0) is 18.4. The van der Waals surface area contributed by atoms with Gasteiger partial charge in [-0.15, -0.1) is 11.3 Å². The summed E-state index contributed by atoms with van der Waals surface area (Å²) in [4.78, 5) is 27.5. The van der Waals surface area contributed by atoms with Crippen LogP contribution in [0.2, 0.25) is 0 Å². The Morgan fingerprint density at radius 1 is 1.11 bits per heavy atom. The predicted octanol–water partition coefficient (Wildman–Crippen LogP) is 2.27. The molecule has 0 radical (unpaired) electrons. The van der Waals surface area contributed by atoms with E-state index in [0.29, 0.717) is 0 Å². The first-order valence-electron chi connectivity index (χ1n) is 9.48. The van der Waals surface area contributed by atoms with Gasteiger partial charge in [-0.05, 0) is 31.2 Å². The Hall–Kier alpha value is -2.48. The van der Waals surface area contributed by atoms with Crippen LogP contribution in [0.5, 0.6) is 0 Å². The first kappa shape index (κ1) is 16.7. The summed E-state index contributed by atoms with van der Waals surface area (Å²) in [6, 6.07) is 0. The zero-order valence-corrected chi connectivity index (χ0v) is 16.2. The summed E-state index contributed by atoms with van der Waals surface area (Å²) in [5.41, 5.74) is 3.09. The minimum Gasteiger partial charge on any atom is -0.352 e. The number of carbonyl (C=O) groups is 1. The fourth-order valence-corrected chi connectivity index (χ4v) is 5.29. The highest BCUT2D eigenvalue weighted by Gasteiger charge is 2.28. The van der Waals surface area contributed by atoms with Gasteiger partial charge in [-0.1, -0.05) is 0 Å². The second kappa shape index (κ2) is 6.60. The van der Waals surface area contributed by atoms with Gasteiger partial charge in [0.2, 0.25) is 0 Å². The van der Waals surface area contributed by atoms with Crippen molar-refractivity contribution in [1.82, 2.24) is 24.6 Å². The second-order valence-corrected chi connectivity index (χ2v) is 8.20. The molecular formula is C19H22N6OS. The Balaban J connectivity index is 1.33. The Labute approximate surface area is 161 Å². The van der Waals surface area contributed by atoms with Crippen molar-refractivity contribution in [3.05, 3.63) is 33.9 Å². The molecule has 1 aliphatic carbocycles. The lowest BCUT2D eigenvalue weighted by Gasteiger charge is -2.35. The molecule has 140 valence electrons. The van der Waals surface area contributed by atoms with E-state index in [9.17, 15) is 4.79 Å². The van der Waals surface area contributed by atoms with Gasteiger partial charge in [-0.2, -0.15) is 5.10 Å². The highest BCUT2D eigenvalue weighted by atomic mass is 32.1. The van der Waals surface area contributed by atoms with Gasteiger partial charge in [0.15, 0.2) is 5.65 Å². The molecule has 4 heterocycles. The lowest BCUT2D eigenvalue weighted by atomic mass is 9.95. The fourth-order valence-electron chi connectivity index (χ4n) is 4.17. The first-order chi connectivity index (χ1) is 13.2. The largest absolute Gasteiger partial charge is 0.352 e. The van der Waals surface area contributed by atoms with Crippen molar-refractivity contribution < 1.29 is 4.79 Å². The van der Waals surface area contributed by atoms with Crippen molar-refractivity contribution in [3.8, 4) is 0 Å². The zero-order valence-electron chi connectivity index (χ0n) is 15.4. The fraction of sp³-hybridized carbons (Fsp3) is 0.474. The molecule has 27 heavy (non-hydrogen) atoms. The van der Waals surface area contributed by atoms with E-state index < -0.39 is 0 Å². The van der Waals surface area contributed by atoms with Crippen molar-refractivity contribution in [2.24, 2.45) is 7.05 Å². The molecule has 0 aromatic carbocycles. The van der Waals surface area contributed by atoms with E-state index in [0.717, 1.165) is 61.4 Å². The summed E-state index contributed by atoms with van der Waals surface area (Å²) < 4.78 is 1.76. The molecule has 5 rings (SSSR count). The number of carbonyl (C=O) groups excluding carboxylic acids is 1. The van der Waals surface area contributed by atoms with Crippen LogP contribution in [0.3, 0.4) is 0 Å². The summed E-state index contributed by atoms with van der Waals surface area (Å²) in [7, 11) is 1.89. The number of rotatable bonds is 2. The number of amides is 1. The maximum absolute atomic E-state index is 13.1. The number of fused-ring (bicyclic) bond motifs is 2. The van der Waals surface area contributed by atoms with Gasteiger partial charge in [0.05, 0.1) is 17.1 Å². The van der Waals surface area contributed by atoms with Crippen LogP contribution < -0.4 is 4.90 Å². The van der Waals surface area contributed by atoms with E-state index in [1.165, 1.54) is 23.3 Å². The molecule has 1 saturated heterocycles. The van der Waals surface area contributed by atoms with Crippen molar-refractivity contribution in [2.75, 3.05) is 31.1 Å². The molecule has 0 N–H and O–H groups in total. The summed E-state index contributed by atoms with van der Waals surface area (Å²) >= 11 is 1.76. The lowest BCUT2D eigenvalue weighted by Crippen LogP contribution is -2.49. The van der Waals surface area contributed by atoms with E-state index in [1.807, 2.05) is 18.1 Å². The summed E-state index contributed by atoms with van der Waals surface area (Å²) in [6.45, 7) is 2.99. The van der Waals surface area contributed by atoms with E-state index in [1.54, 1.807) is 22.3 Å². The molecule has 1 fully saturated rings. The van der Waals surface area contributed by atoms with Gasteiger partial charge in [-0.25, -0.2) is 9.97 Å². The quantitative estimate of drug-likeness (QED) is 0.680. The minimum absolute atomic E-state index is 0.197. The Bertz CT molecular complexity index is 1000. The number of hydrogen-bond donors (Lipinski definition) is 0. The highest BCUT2D eigenvalue weighted by molar-refractivity contribution is 7.10. The van der Waals surface area contributed by atoms with E-state index >= 15 is 0 Å².